The number of halogens is 1. The summed E-state index contributed by atoms with van der Waals surface area (Å²) in [7, 11) is 0. The van der Waals surface area contributed by atoms with Gasteiger partial charge in [0.15, 0.2) is 5.69 Å². The van der Waals surface area contributed by atoms with Crippen molar-refractivity contribution in [2.45, 2.75) is 6.54 Å². The van der Waals surface area contributed by atoms with Crippen molar-refractivity contribution < 1.29 is 4.92 Å². The molecule has 1 aliphatic heterocycles. The molecule has 0 saturated heterocycles. The van der Waals surface area contributed by atoms with Crippen LogP contribution in [0.4, 0.5) is 17.3 Å². The molecule has 0 bridgehead atoms. The molecule has 2 heterocycles. The van der Waals surface area contributed by atoms with Crippen LogP contribution in [0, 0.1) is 10.1 Å². The highest BCUT2D eigenvalue weighted by Crippen LogP contribution is 2.32. The van der Waals surface area contributed by atoms with E-state index in [2.05, 4.69) is 10.2 Å². The number of para-hydroxylation sites is 1. The molecule has 0 N–H and O–H groups in total. The first-order valence-corrected chi connectivity index (χ1v) is 8.18. The molecule has 8 nitrogen and oxygen atoms in total. The third kappa shape index (κ3) is 2.60. The fraction of sp³-hybridized carbons (Fsp3) is 0.118. The number of benzene rings is 2. The molecule has 0 spiro atoms. The van der Waals surface area contributed by atoms with Crippen LogP contribution in [0.3, 0.4) is 0 Å². The molecule has 9 heteroatoms. The molecule has 0 amide bonds. The molecular weight excluding hydrogens is 358 g/mol. The van der Waals surface area contributed by atoms with Gasteiger partial charge in [0, 0.05) is 30.8 Å². The zero-order valence-electron chi connectivity index (χ0n) is 13.4. The van der Waals surface area contributed by atoms with Crippen molar-refractivity contribution in [1.82, 2.24) is 14.8 Å². The predicted octanol–water partition coefficient (Wildman–Crippen LogP) is 3.02. The summed E-state index contributed by atoms with van der Waals surface area (Å²) in [5, 5.41) is 19.6. The molecular formula is C17H12ClN5O3. The van der Waals surface area contributed by atoms with E-state index in [0.29, 0.717) is 29.6 Å². The van der Waals surface area contributed by atoms with Gasteiger partial charge in [0.1, 0.15) is 0 Å². The normalized spacial score (nSPS) is 12.9. The van der Waals surface area contributed by atoms with Gasteiger partial charge in [-0.15, -0.1) is 10.2 Å². The van der Waals surface area contributed by atoms with Crippen LogP contribution in [0.15, 0.2) is 53.3 Å². The maximum Gasteiger partial charge on any atom is 0.281 e. The Morgan fingerprint density at radius 3 is 2.46 bits per heavy atom. The van der Waals surface area contributed by atoms with Gasteiger partial charge in [0.05, 0.1) is 15.6 Å². The summed E-state index contributed by atoms with van der Waals surface area (Å²) < 4.78 is 1.53. The summed E-state index contributed by atoms with van der Waals surface area (Å²) in [6, 6.07) is 13.0. The largest absolute Gasteiger partial charge is 0.307 e. The molecule has 130 valence electrons. The van der Waals surface area contributed by atoms with E-state index < -0.39 is 4.92 Å². The lowest BCUT2D eigenvalue weighted by atomic mass is 10.1. The molecule has 0 saturated carbocycles. The first-order valence-electron chi connectivity index (χ1n) is 7.80. The van der Waals surface area contributed by atoms with E-state index in [1.807, 2.05) is 23.1 Å². The highest BCUT2D eigenvalue weighted by molar-refractivity contribution is 6.33. The number of aromatic nitrogens is 3. The van der Waals surface area contributed by atoms with E-state index in [1.54, 1.807) is 6.07 Å². The summed E-state index contributed by atoms with van der Waals surface area (Å²) in [5.74, 6) is 0.425. The van der Waals surface area contributed by atoms with Crippen LogP contribution < -0.4 is 10.5 Å². The molecule has 3 aromatic rings. The van der Waals surface area contributed by atoms with Gasteiger partial charge in [0.2, 0.25) is 5.95 Å². The summed E-state index contributed by atoms with van der Waals surface area (Å²) in [6.45, 7) is 1.01. The quantitative estimate of drug-likeness (QED) is 0.520. The molecule has 1 aliphatic rings. The summed E-state index contributed by atoms with van der Waals surface area (Å²) in [4.78, 5) is 24.9. The lowest BCUT2D eigenvalue weighted by Gasteiger charge is -2.17. The van der Waals surface area contributed by atoms with Crippen molar-refractivity contribution in [2.75, 3.05) is 11.4 Å². The van der Waals surface area contributed by atoms with Crippen molar-refractivity contribution in [3.05, 3.63) is 74.0 Å². The molecule has 26 heavy (non-hydrogen) atoms. The first kappa shape index (κ1) is 16.2. The van der Waals surface area contributed by atoms with Crippen LogP contribution in [-0.4, -0.2) is 26.2 Å². The van der Waals surface area contributed by atoms with Crippen LogP contribution in [0.5, 0.6) is 0 Å². The number of nitro groups is 1. The number of hydrogen-bond acceptors (Lipinski definition) is 6. The number of anilines is 2. The maximum atomic E-state index is 12.8. The second-order valence-corrected chi connectivity index (χ2v) is 6.12. The molecule has 0 fully saturated rings. The number of fused-ring (bicyclic) bond motifs is 1. The number of rotatable bonds is 3. The van der Waals surface area contributed by atoms with Crippen molar-refractivity contribution in [2.24, 2.45) is 0 Å². The summed E-state index contributed by atoms with van der Waals surface area (Å²) in [6.07, 6.45) is 0. The van der Waals surface area contributed by atoms with E-state index in [-0.39, 0.29) is 16.9 Å². The molecule has 0 aliphatic carbocycles. The van der Waals surface area contributed by atoms with E-state index in [4.69, 9.17) is 11.6 Å². The van der Waals surface area contributed by atoms with Gasteiger partial charge in [-0.2, -0.15) is 0 Å². The number of nitrogens with zero attached hydrogens (tertiary/aromatic N) is 5. The van der Waals surface area contributed by atoms with Gasteiger partial charge in [-0.3, -0.25) is 19.5 Å². The van der Waals surface area contributed by atoms with E-state index in [9.17, 15) is 14.9 Å². The Balaban J connectivity index is 1.76. The smallest absolute Gasteiger partial charge is 0.281 e. The van der Waals surface area contributed by atoms with Gasteiger partial charge in [-0.05, 0) is 24.3 Å². The highest BCUT2D eigenvalue weighted by atomic mass is 35.5. The maximum absolute atomic E-state index is 12.8. The Labute approximate surface area is 152 Å². The topological polar surface area (TPSA) is 94.2 Å². The lowest BCUT2D eigenvalue weighted by molar-refractivity contribution is -0.384. The second kappa shape index (κ2) is 6.23. The molecule has 2 aromatic carbocycles. The van der Waals surface area contributed by atoms with Gasteiger partial charge in [-0.25, -0.2) is 0 Å². The molecule has 0 unspecified atom stereocenters. The Bertz CT molecular complexity index is 1060. The number of hydrogen-bond donors (Lipinski definition) is 0. The molecule has 0 radical (unpaired) electrons. The number of nitro benzene ring substituents is 1. The summed E-state index contributed by atoms with van der Waals surface area (Å²) >= 11 is 6.25. The number of non-ortho nitro benzene ring substituents is 1. The zero-order chi connectivity index (χ0) is 18.3. The minimum Gasteiger partial charge on any atom is -0.307 e. The van der Waals surface area contributed by atoms with E-state index in [1.165, 1.54) is 28.8 Å². The standard InChI is InChI=1S/C17H12ClN5O3/c18-13-3-1-2-4-14(13)21-9-10-22-16(24)15(19-20-17(21)22)11-5-7-12(8-6-11)23(25)26/h1-8H,9-10H2. The Hall–Kier alpha value is -3.26. The average molecular weight is 370 g/mol. The third-order valence-corrected chi connectivity index (χ3v) is 4.53. The molecule has 1 aromatic heterocycles. The molecule has 4 rings (SSSR count). The third-order valence-electron chi connectivity index (χ3n) is 4.21. The van der Waals surface area contributed by atoms with Crippen molar-refractivity contribution in [3.63, 3.8) is 0 Å². The van der Waals surface area contributed by atoms with Crippen molar-refractivity contribution >= 4 is 28.9 Å². The monoisotopic (exact) mass is 369 g/mol. The van der Waals surface area contributed by atoms with Crippen molar-refractivity contribution in [3.8, 4) is 11.3 Å². The predicted molar refractivity (Wildman–Crippen MR) is 96.8 cm³/mol. The van der Waals surface area contributed by atoms with Crippen LogP contribution >= 0.6 is 11.6 Å². The van der Waals surface area contributed by atoms with Crippen LogP contribution in [-0.2, 0) is 6.54 Å². The van der Waals surface area contributed by atoms with Crippen LogP contribution in [0.25, 0.3) is 11.3 Å². The van der Waals surface area contributed by atoms with Gasteiger partial charge >= 0.3 is 0 Å². The van der Waals surface area contributed by atoms with E-state index in [0.717, 1.165) is 5.69 Å². The SMILES string of the molecule is O=c1c(-c2ccc([N+](=O)[O-])cc2)nnc2n1CCN2c1ccccc1Cl. The second-order valence-electron chi connectivity index (χ2n) is 5.71. The lowest BCUT2D eigenvalue weighted by Crippen LogP contribution is -2.23. The Morgan fingerprint density at radius 2 is 1.77 bits per heavy atom. The minimum atomic E-state index is -0.494. The fourth-order valence-corrected chi connectivity index (χ4v) is 3.17. The van der Waals surface area contributed by atoms with Gasteiger partial charge in [-0.1, -0.05) is 23.7 Å². The molecule has 0 atom stereocenters. The van der Waals surface area contributed by atoms with Gasteiger partial charge in [0.25, 0.3) is 11.2 Å². The first-order chi connectivity index (χ1) is 12.6. The minimum absolute atomic E-state index is 0.0483. The Morgan fingerprint density at radius 1 is 1.04 bits per heavy atom. The van der Waals surface area contributed by atoms with Gasteiger partial charge < -0.3 is 4.90 Å². The van der Waals surface area contributed by atoms with Crippen molar-refractivity contribution in [1.29, 1.82) is 0 Å². The fourth-order valence-electron chi connectivity index (χ4n) is 2.93. The average Bonchev–Trinajstić information content (AvgIpc) is 3.07. The van der Waals surface area contributed by atoms with Crippen LogP contribution in [0.2, 0.25) is 5.02 Å². The zero-order valence-corrected chi connectivity index (χ0v) is 14.1. The van der Waals surface area contributed by atoms with E-state index >= 15 is 0 Å². The highest BCUT2D eigenvalue weighted by Gasteiger charge is 2.26. The van der Waals surface area contributed by atoms with Crippen LogP contribution in [0.1, 0.15) is 0 Å². The Kier molecular flexibility index (Phi) is 3.89. The summed E-state index contributed by atoms with van der Waals surface area (Å²) in [5.41, 5.74) is 1.06.